The van der Waals surface area contributed by atoms with Crippen LogP contribution in [0.4, 0.5) is 0 Å². The first-order valence-corrected chi connectivity index (χ1v) is 10.1. The van der Waals surface area contributed by atoms with Gasteiger partial charge in [0.05, 0.1) is 30.7 Å². The van der Waals surface area contributed by atoms with Gasteiger partial charge in [-0.1, -0.05) is 29.8 Å². The first kappa shape index (κ1) is 22.4. The van der Waals surface area contributed by atoms with E-state index < -0.39 is 17.7 Å². The third-order valence-electron chi connectivity index (χ3n) is 5.12. The summed E-state index contributed by atoms with van der Waals surface area (Å²) in [7, 11) is 3.14. The van der Waals surface area contributed by atoms with E-state index in [9.17, 15) is 14.4 Å². The Bertz CT molecular complexity index is 981. The summed E-state index contributed by atoms with van der Waals surface area (Å²) in [5.74, 6) is -0.309. The predicted octanol–water partition coefficient (Wildman–Crippen LogP) is 2.21. The molecule has 2 aromatic rings. The molecule has 1 saturated heterocycles. The van der Waals surface area contributed by atoms with Crippen molar-refractivity contribution in [3.05, 3.63) is 58.6 Å². The van der Waals surface area contributed by atoms with Gasteiger partial charge in [0.15, 0.2) is 11.5 Å². The fraction of sp³-hybridized carbons (Fsp3) is 0.318. The number of ether oxygens (including phenoxy) is 2. The molecule has 164 valence electrons. The lowest BCUT2D eigenvalue weighted by atomic mass is 10.1. The average Bonchev–Trinajstić information content (AvgIpc) is 3.16. The molecular formula is C22H24ClN3O5. The SMILES string of the molecule is COc1ccc(CCN2CC(C(=O)NNC(=O)c3ccccc3Cl)CC2=O)cc1OC. The van der Waals surface area contributed by atoms with Crippen LogP contribution in [0.1, 0.15) is 22.3 Å². The molecule has 1 heterocycles. The Labute approximate surface area is 185 Å². The van der Waals surface area contributed by atoms with E-state index in [1.165, 1.54) is 0 Å². The third-order valence-corrected chi connectivity index (χ3v) is 5.45. The summed E-state index contributed by atoms with van der Waals surface area (Å²) in [6.07, 6.45) is 0.712. The van der Waals surface area contributed by atoms with Gasteiger partial charge in [-0.3, -0.25) is 25.2 Å². The van der Waals surface area contributed by atoms with E-state index in [1.54, 1.807) is 43.4 Å². The van der Waals surface area contributed by atoms with E-state index in [4.69, 9.17) is 21.1 Å². The Hall–Kier alpha value is -3.26. The standard InChI is InChI=1S/C22H24ClN3O5/c1-30-18-8-7-14(11-19(18)31-2)9-10-26-13-15(12-20(26)27)21(28)24-25-22(29)16-5-3-4-6-17(16)23/h3-8,11,15H,9-10,12-13H2,1-2H3,(H,24,28)(H,25,29). The summed E-state index contributed by atoms with van der Waals surface area (Å²) in [6.45, 7) is 0.768. The van der Waals surface area contributed by atoms with Crippen LogP contribution in [-0.2, 0) is 16.0 Å². The van der Waals surface area contributed by atoms with Gasteiger partial charge < -0.3 is 14.4 Å². The number of hydrogen-bond donors (Lipinski definition) is 2. The fourth-order valence-corrected chi connectivity index (χ4v) is 3.62. The molecule has 2 aromatic carbocycles. The van der Waals surface area contributed by atoms with Gasteiger partial charge in [-0.2, -0.15) is 0 Å². The van der Waals surface area contributed by atoms with E-state index in [0.717, 1.165) is 5.56 Å². The van der Waals surface area contributed by atoms with Crippen molar-refractivity contribution in [3.63, 3.8) is 0 Å². The highest BCUT2D eigenvalue weighted by Gasteiger charge is 2.34. The number of hydrogen-bond acceptors (Lipinski definition) is 5. The van der Waals surface area contributed by atoms with Gasteiger partial charge in [0.25, 0.3) is 5.91 Å². The van der Waals surface area contributed by atoms with Crippen LogP contribution in [0.25, 0.3) is 0 Å². The number of carbonyl (C=O) groups is 3. The van der Waals surface area contributed by atoms with Crippen LogP contribution >= 0.6 is 11.6 Å². The van der Waals surface area contributed by atoms with Gasteiger partial charge in [-0.25, -0.2) is 0 Å². The second-order valence-electron chi connectivity index (χ2n) is 7.10. The molecule has 8 nitrogen and oxygen atoms in total. The number of halogens is 1. The molecule has 1 unspecified atom stereocenters. The summed E-state index contributed by atoms with van der Waals surface area (Å²) in [5, 5.41) is 0.284. The predicted molar refractivity (Wildman–Crippen MR) is 115 cm³/mol. The lowest BCUT2D eigenvalue weighted by Gasteiger charge is -2.17. The van der Waals surface area contributed by atoms with Crippen LogP contribution in [0, 0.1) is 5.92 Å². The Morgan fingerprint density at radius 3 is 2.55 bits per heavy atom. The number of nitrogens with one attached hydrogen (secondary N) is 2. The molecule has 0 saturated carbocycles. The van der Waals surface area contributed by atoms with Crippen molar-refractivity contribution >= 4 is 29.3 Å². The number of hydrazine groups is 1. The maximum Gasteiger partial charge on any atom is 0.271 e. The minimum absolute atomic E-state index is 0.0970. The van der Waals surface area contributed by atoms with Gasteiger partial charge in [0.1, 0.15) is 0 Å². The molecule has 0 radical (unpaired) electrons. The maximum absolute atomic E-state index is 12.4. The van der Waals surface area contributed by atoms with Crippen molar-refractivity contribution in [2.75, 3.05) is 27.3 Å². The number of carbonyl (C=O) groups excluding carboxylic acids is 3. The van der Waals surface area contributed by atoms with Crippen LogP contribution in [0.15, 0.2) is 42.5 Å². The normalized spacial score (nSPS) is 15.5. The van der Waals surface area contributed by atoms with Crippen molar-refractivity contribution in [2.24, 2.45) is 5.92 Å². The summed E-state index contributed by atoms with van der Waals surface area (Å²) >= 11 is 5.98. The molecule has 3 amide bonds. The lowest BCUT2D eigenvalue weighted by molar-refractivity contribution is -0.129. The molecule has 0 bridgehead atoms. The highest BCUT2D eigenvalue weighted by Crippen LogP contribution is 2.28. The van der Waals surface area contributed by atoms with E-state index in [2.05, 4.69) is 10.9 Å². The fourth-order valence-electron chi connectivity index (χ4n) is 3.40. The Kier molecular flexibility index (Phi) is 7.36. The second-order valence-corrected chi connectivity index (χ2v) is 7.51. The second kappa shape index (κ2) is 10.2. The van der Waals surface area contributed by atoms with Crippen LogP contribution < -0.4 is 20.3 Å². The first-order valence-electron chi connectivity index (χ1n) is 9.76. The van der Waals surface area contributed by atoms with Gasteiger partial charge in [0, 0.05) is 19.5 Å². The summed E-state index contributed by atoms with van der Waals surface area (Å²) < 4.78 is 10.5. The Morgan fingerprint density at radius 2 is 1.84 bits per heavy atom. The van der Waals surface area contributed by atoms with Crippen LogP contribution in [0.2, 0.25) is 5.02 Å². The topological polar surface area (TPSA) is 97.0 Å². The minimum atomic E-state index is -0.538. The zero-order valence-corrected chi connectivity index (χ0v) is 18.1. The van der Waals surface area contributed by atoms with Gasteiger partial charge in [-0.15, -0.1) is 0 Å². The largest absolute Gasteiger partial charge is 0.493 e. The van der Waals surface area contributed by atoms with Gasteiger partial charge >= 0.3 is 0 Å². The average molecular weight is 446 g/mol. The molecule has 0 spiro atoms. The first-order chi connectivity index (χ1) is 14.9. The molecule has 1 atom stereocenters. The number of nitrogens with zero attached hydrogens (tertiary/aromatic N) is 1. The van der Waals surface area contributed by atoms with E-state index in [0.29, 0.717) is 31.0 Å². The molecule has 31 heavy (non-hydrogen) atoms. The zero-order chi connectivity index (χ0) is 22.4. The maximum atomic E-state index is 12.4. The molecule has 9 heteroatoms. The van der Waals surface area contributed by atoms with Crippen molar-refractivity contribution < 1.29 is 23.9 Å². The van der Waals surface area contributed by atoms with Gasteiger partial charge in [-0.05, 0) is 36.2 Å². The molecule has 0 aromatic heterocycles. The van der Waals surface area contributed by atoms with Crippen molar-refractivity contribution in [1.82, 2.24) is 15.8 Å². The molecule has 0 aliphatic carbocycles. The number of benzene rings is 2. The Balaban J connectivity index is 1.51. The lowest BCUT2D eigenvalue weighted by Crippen LogP contribution is -2.45. The molecule has 1 aliphatic heterocycles. The van der Waals surface area contributed by atoms with Gasteiger partial charge in [0.2, 0.25) is 11.8 Å². The summed E-state index contributed by atoms with van der Waals surface area (Å²) in [6, 6.07) is 12.1. The number of likely N-dealkylation sites (tertiary alicyclic amines) is 1. The van der Waals surface area contributed by atoms with Crippen LogP contribution in [0.3, 0.4) is 0 Å². The smallest absolute Gasteiger partial charge is 0.271 e. The zero-order valence-electron chi connectivity index (χ0n) is 17.3. The minimum Gasteiger partial charge on any atom is -0.493 e. The molecule has 2 N–H and O–H groups in total. The number of methoxy groups -OCH3 is 2. The van der Waals surface area contributed by atoms with Crippen molar-refractivity contribution in [1.29, 1.82) is 0 Å². The molecular weight excluding hydrogens is 422 g/mol. The monoisotopic (exact) mass is 445 g/mol. The van der Waals surface area contributed by atoms with Crippen molar-refractivity contribution in [2.45, 2.75) is 12.8 Å². The van der Waals surface area contributed by atoms with E-state index in [-0.39, 0.29) is 22.9 Å². The van der Waals surface area contributed by atoms with E-state index in [1.807, 2.05) is 18.2 Å². The summed E-state index contributed by atoms with van der Waals surface area (Å²) in [4.78, 5) is 38.6. The quantitative estimate of drug-likeness (QED) is 0.637. The Morgan fingerprint density at radius 1 is 1.10 bits per heavy atom. The molecule has 3 rings (SSSR count). The van der Waals surface area contributed by atoms with E-state index >= 15 is 0 Å². The number of amides is 3. The highest BCUT2D eigenvalue weighted by atomic mass is 35.5. The third kappa shape index (κ3) is 5.46. The summed E-state index contributed by atoms with van der Waals surface area (Å²) in [5.41, 5.74) is 5.98. The molecule has 1 fully saturated rings. The van der Waals surface area contributed by atoms with Crippen molar-refractivity contribution in [3.8, 4) is 11.5 Å². The highest BCUT2D eigenvalue weighted by molar-refractivity contribution is 6.33. The van der Waals surface area contributed by atoms with Crippen LogP contribution in [-0.4, -0.2) is 49.9 Å². The number of rotatable bonds is 7. The van der Waals surface area contributed by atoms with Crippen LogP contribution in [0.5, 0.6) is 11.5 Å². The molecule has 1 aliphatic rings.